The van der Waals surface area contributed by atoms with Gasteiger partial charge >= 0.3 is 209 Å². The van der Waals surface area contributed by atoms with E-state index in [9.17, 15) is 0 Å². The van der Waals surface area contributed by atoms with Crippen LogP contribution in [0, 0.1) is 6.92 Å². The first-order valence-electron chi connectivity index (χ1n) is 16.0. The Hall–Kier alpha value is -4.38. The van der Waals surface area contributed by atoms with Crippen LogP contribution in [-0.4, -0.2) is 39.2 Å². The summed E-state index contributed by atoms with van der Waals surface area (Å²) in [5.41, 5.74) is 9.98. The van der Waals surface area contributed by atoms with Gasteiger partial charge in [0.25, 0.3) is 0 Å². The molecule has 4 aromatic heterocycles. The van der Waals surface area contributed by atoms with Crippen LogP contribution in [0.1, 0.15) is 81.5 Å². The molecule has 0 aliphatic rings. The van der Waals surface area contributed by atoms with Crippen molar-refractivity contribution in [3.63, 3.8) is 0 Å². The van der Waals surface area contributed by atoms with Gasteiger partial charge in [-0.15, -0.1) is 0 Å². The van der Waals surface area contributed by atoms with Crippen molar-refractivity contribution in [2.75, 3.05) is 0 Å². The van der Waals surface area contributed by atoms with Crippen molar-refractivity contribution in [3.8, 4) is 28.3 Å². The number of benzene rings is 3. The standard InChI is InChI=1S/C40H39N5Se/c1-24(2)29-14-9-15-30(25(3)4)36(29)45-23-41-44-38(45)27-12-8-13-28(22-27)40(6,7)35-19-11-18-34(43-35)33-17-10-16-31-32-21-20-26(5)42-39(32)46-37(31)33/h8-25H,1-7H3. The summed E-state index contributed by atoms with van der Waals surface area (Å²) in [6, 6.07) is 32.7. The van der Waals surface area contributed by atoms with Gasteiger partial charge < -0.3 is 0 Å². The molecule has 0 fully saturated rings. The molecule has 0 atom stereocenters. The minimum atomic E-state index is -0.347. The molecular weight excluding hydrogens is 629 g/mol. The quantitative estimate of drug-likeness (QED) is 0.159. The maximum absolute atomic E-state index is 5.32. The second kappa shape index (κ2) is 11.8. The zero-order chi connectivity index (χ0) is 32.2. The summed E-state index contributed by atoms with van der Waals surface area (Å²) in [6.45, 7) is 15.6. The molecule has 0 aliphatic carbocycles. The average molecular weight is 669 g/mol. The van der Waals surface area contributed by atoms with Gasteiger partial charge in [0.2, 0.25) is 0 Å². The van der Waals surface area contributed by atoms with E-state index in [1.54, 1.807) is 0 Å². The van der Waals surface area contributed by atoms with E-state index < -0.39 is 0 Å². The molecule has 5 nitrogen and oxygen atoms in total. The Bertz CT molecular complexity index is 2190. The van der Waals surface area contributed by atoms with E-state index in [4.69, 9.17) is 9.97 Å². The van der Waals surface area contributed by atoms with Crippen molar-refractivity contribution in [2.45, 2.75) is 65.7 Å². The molecule has 0 unspecified atom stereocenters. The molecule has 230 valence electrons. The van der Waals surface area contributed by atoms with Crippen molar-refractivity contribution < 1.29 is 0 Å². The van der Waals surface area contributed by atoms with E-state index in [1.807, 2.05) is 6.33 Å². The van der Waals surface area contributed by atoms with Crippen molar-refractivity contribution in [1.29, 1.82) is 0 Å². The van der Waals surface area contributed by atoms with Crippen LogP contribution < -0.4 is 0 Å². The van der Waals surface area contributed by atoms with E-state index in [2.05, 4.69) is 154 Å². The van der Waals surface area contributed by atoms with E-state index in [-0.39, 0.29) is 19.9 Å². The van der Waals surface area contributed by atoms with Crippen molar-refractivity contribution in [2.24, 2.45) is 0 Å². The Morgan fingerprint density at radius 3 is 2.22 bits per heavy atom. The van der Waals surface area contributed by atoms with Crippen LogP contribution in [0.3, 0.4) is 0 Å². The Labute approximate surface area is 277 Å². The predicted molar refractivity (Wildman–Crippen MR) is 191 cm³/mol. The van der Waals surface area contributed by atoms with Crippen molar-refractivity contribution >= 4 is 33.9 Å². The summed E-state index contributed by atoms with van der Waals surface area (Å²) < 4.78 is 4.77. The van der Waals surface area contributed by atoms with Crippen LogP contribution in [-0.2, 0) is 5.41 Å². The molecule has 7 rings (SSSR count). The second-order valence-electron chi connectivity index (χ2n) is 13.3. The fraction of sp³-hybridized carbons (Fsp3) is 0.250. The second-order valence-corrected chi connectivity index (χ2v) is 15.4. The number of aromatic nitrogens is 5. The Kier molecular flexibility index (Phi) is 7.74. The van der Waals surface area contributed by atoms with Crippen LogP contribution >= 0.6 is 0 Å². The third-order valence-corrected chi connectivity index (χ3v) is 11.6. The third-order valence-electron chi connectivity index (χ3n) is 9.14. The van der Waals surface area contributed by atoms with Crippen LogP contribution in [0.4, 0.5) is 0 Å². The van der Waals surface area contributed by atoms with Gasteiger partial charge in [-0.05, 0) is 23.0 Å². The minimum absolute atomic E-state index is 0.147. The maximum atomic E-state index is 5.32. The number of hydrogen-bond donors (Lipinski definition) is 0. The normalized spacial score (nSPS) is 12.2. The Morgan fingerprint density at radius 2 is 1.46 bits per heavy atom. The molecule has 0 spiro atoms. The van der Waals surface area contributed by atoms with Gasteiger partial charge in [0, 0.05) is 0 Å². The average Bonchev–Trinajstić information content (AvgIpc) is 3.69. The molecule has 0 aliphatic heterocycles. The molecule has 0 saturated carbocycles. The van der Waals surface area contributed by atoms with E-state index in [0.717, 1.165) is 28.5 Å². The third kappa shape index (κ3) is 5.20. The van der Waals surface area contributed by atoms with Crippen molar-refractivity contribution in [3.05, 3.63) is 125 Å². The first kappa shape index (κ1) is 30.3. The molecule has 0 saturated heterocycles. The number of hydrogen-bond acceptors (Lipinski definition) is 4. The SMILES string of the molecule is Cc1ccc2c(n1)[se]c1c(-c3cccc(C(C)(C)c4cccc(-c5nncn5-c5c(C(C)C)cccc5C(C)C)c4)n3)cccc12. The van der Waals surface area contributed by atoms with Crippen LogP contribution in [0.2, 0.25) is 0 Å². The van der Waals surface area contributed by atoms with Crippen LogP contribution in [0.15, 0.2) is 97.3 Å². The molecule has 3 aromatic carbocycles. The van der Waals surface area contributed by atoms with Gasteiger partial charge in [-0.25, -0.2) is 0 Å². The summed E-state index contributed by atoms with van der Waals surface area (Å²) in [6.07, 6.45) is 1.86. The predicted octanol–water partition coefficient (Wildman–Crippen LogP) is 9.64. The molecule has 4 heterocycles. The fourth-order valence-corrected chi connectivity index (χ4v) is 9.09. The first-order valence-corrected chi connectivity index (χ1v) is 17.8. The van der Waals surface area contributed by atoms with Gasteiger partial charge in [0.1, 0.15) is 0 Å². The molecule has 6 heteroatoms. The van der Waals surface area contributed by atoms with Gasteiger partial charge in [0.05, 0.1) is 0 Å². The van der Waals surface area contributed by atoms with E-state index in [1.165, 1.54) is 47.4 Å². The summed E-state index contributed by atoms with van der Waals surface area (Å²) >= 11 is 0.147. The molecule has 0 bridgehead atoms. The molecular formula is C40H39N5Se. The summed E-state index contributed by atoms with van der Waals surface area (Å²) in [5, 5.41) is 11.6. The number of aryl methyl sites for hydroxylation is 1. The van der Waals surface area contributed by atoms with Crippen molar-refractivity contribution in [1.82, 2.24) is 24.7 Å². The fourth-order valence-electron chi connectivity index (χ4n) is 6.49. The van der Waals surface area contributed by atoms with Crippen LogP contribution in [0.25, 0.3) is 47.8 Å². The molecule has 0 amide bonds. The van der Waals surface area contributed by atoms with Gasteiger partial charge in [-0.3, -0.25) is 0 Å². The van der Waals surface area contributed by atoms with E-state index in [0.29, 0.717) is 11.8 Å². The van der Waals surface area contributed by atoms with Crippen LogP contribution in [0.5, 0.6) is 0 Å². The zero-order valence-electron chi connectivity index (χ0n) is 27.5. The number of pyridine rings is 2. The molecule has 0 radical (unpaired) electrons. The number of rotatable bonds is 7. The molecule has 0 N–H and O–H groups in total. The van der Waals surface area contributed by atoms with Gasteiger partial charge in [-0.2, -0.15) is 0 Å². The first-order chi connectivity index (χ1) is 22.1. The summed E-state index contributed by atoms with van der Waals surface area (Å²) in [4.78, 5) is 10.2. The topological polar surface area (TPSA) is 56.5 Å². The summed E-state index contributed by atoms with van der Waals surface area (Å²) in [7, 11) is 0. The molecule has 7 aromatic rings. The Morgan fingerprint density at radius 1 is 0.739 bits per heavy atom. The number of fused-ring (bicyclic) bond motifs is 3. The molecule has 46 heavy (non-hydrogen) atoms. The van der Waals surface area contributed by atoms with Gasteiger partial charge in [-0.1, -0.05) is 45.9 Å². The Balaban J connectivity index is 1.30. The summed E-state index contributed by atoms with van der Waals surface area (Å²) in [5.74, 6) is 1.59. The zero-order valence-corrected chi connectivity index (χ0v) is 29.2. The monoisotopic (exact) mass is 669 g/mol. The number of para-hydroxylation sites is 1. The number of nitrogens with zero attached hydrogens (tertiary/aromatic N) is 5. The van der Waals surface area contributed by atoms with Gasteiger partial charge in [0.15, 0.2) is 0 Å². The van der Waals surface area contributed by atoms with E-state index >= 15 is 0 Å².